The van der Waals surface area contributed by atoms with Gasteiger partial charge in [0.25, 0.3) is 0 Å². The molecule has 0 amide bonds. The molecule has 0 saturated carbocycles. The van der Waals surface area contributed by atoms with E-state index in [-0.39, 0.29) is 5.78 Å². The summed E-state index contributed by atoms with van der Waals surface area (Å²) in [7, 11) is 0. The summed E-state index contributed by atoms with van der Waals surface area (Å²) < 4.78 is 6.52. The van der Waals surface area contributed by atoms with Gasteiger partial charge in [-0.05, 0) is 37.1 Å². The molecule has 0 N–H and O–H groups in total. The summed E-state index contributed by atoms with van der Waals surface area (Å²) in [5, 5.41) is 0. The highest BCUT2D eigenvalue weighted by atomic mass is 16.5. The summed E-state index contributed by atoms with van der Waals surface area (Å²) >= 11 is 0. The minimum Gasteiger partial charge on any atom is -0.345 e. The zero-order valence-corrected chi connectivity index (χ0v) is 19.4. The Kier molecular flexibility index (Phi) is 5.87. The summed E-state index contributed by atoms with van der Waals surface area (Å²) in [4.78, 5) is 16.7. The van der Waals surface area contributed by atoms with E-state index in [0.717, 1.165) is 33.6 Å². The second kappa shape index (κ2) is 9.12. The van der Waals surface area contributed by atoms with Gasteiger partial charge in [-0.15, -0.1) is 0 Å². The quantitative estimate of drug-likeness (QED) is 0.325. The topological polar surface area (TPSA) is 29.5 Å². The number of hydrogen-bond donors (Lipinski definition) is 0. The van der Waals surface area contributed by atoms with Crippen molar-refractivity contribution < 1.29 is 9.53 Å². The van der Waals surface area contributed by atoms with E-state index < -0.39 is 5.72 Å². The standard InChI is InChI=1S/C31H27NO2/c1-3-34-31(26-17-11-6-12-18-26)30(33)28(24-13-7-4-8-14-24)29(25-15-9-5-10-16-25)32(31)27-21-19-23(2)20-22-27/h4-22H,3H2,1-2H3. The van der Waals surface area contributed by atoms with Crippen molar-refractivity contribution in [1.29, 1.82) is 0 Å². The molecule has 3 heteroatoms. The van der Waals surface area contributed by atoms with E-state index in [1.807, 2.05) is 85.8 Å². The number of Topliss-reactive ketones (excluding diaryl/α,β-unsaturated/α-hetero) is 1. The van der Waals surface area contributed by atoms with Crippen molar-refractivity contribution in [2.45, 2.75) is 19.6 Å². The molecule has 1 aliphatic heterocycles. The molecule has 1 atom stereocenters. The van der Waals surface area contributed by atoms with Gasteiger partial charge in [0.1, 0.15) is 0 Å². The van der Waals surface area contributed by atoms with Crippen LogP contribution in [0.2, 0.25) is 0 Å². The lowest BCUT2D eigenvalue weighted by Gasteiger charge is -2.40. The molecule has 34 heavy (non-hydrogen) atoms. The lowest BCUT2D eigenvalue weighted by Crippen LogP contribution is -2.49. The van der Waals surface area contributed by atoms with Gasteiger partial charge in [-0.25, -0.2) is 0 Å². The molecule has 0 fully saturated rings. The fourth-order valence-electron chi connectivity index (χ4n) is 4.74. The zero-order valence-electron chi connectivity index (χ0n) is 19.4. The predicted molar refractivity (Wildman–Crippen MR) is 138 cm³/mol. The first-order valence-electron chi connectivity index (χ1n) is 11.6. The minimum atomic E-state index is -1.32. The van der Waals surface area contributed by atoms with Crippen molar-refractivity contribution in [2.75, 3.05) is 11.5 Å². The number of anilines is 1. The van der Waals surface area contributed by atoms with Crippen LogP contribution in [0.15, 0.2) is 115 Å². The van der Waals surface area contributed by atoms with Crippen LogP contribution in [0.1, 0.15) is 29.2 Å². The third-order valence-corrected chi connectivity index (χ3v) is 6.23. The van der Waals surface area contributed by atoms with Crippen molar-refractivity contribution in [1.82, 2.24) is 0 Å². The van der Waals surface area contributed by atoms with Gasteiger partial charge in [0, 0.05) is 17.9 Å². The van der Waals surface area contributed by atoms with E-state index in [4.69, 9.17) is 4.74 Å². The Labute approximate surface area is 200 Å². The van der Waals surface area contributed by atoms with Gasteiger partial charge in [-0.1, -0.05) is 109 Å². The first-order valence-corrected chi connectivity index (χ1v) is 11.6. The lowest BCUT2D eigenvalue weighted by molar-refractivity contribution is -0.137. The van der Waals surface area contributed by atoms with Gasteiger partial charge in [0.05, 0.1) is 11.3 Å². The predicted octanol–water partition coefficient (Wildman–Crippen LogP) is 6.84. The molecule has 3 nitrogen and oxygen atoms in total. The SMILES string of the molecule is CCOC1(c2ccccc2)C(=O)C(c2ccccc2)=C(c2ccccc2)N1c1ccc(C)cc1. The molecule has 0 saturated heterocycles. The summed E-state index contributed by atoms with van der Waals surface area (Å²) in [6.07, 6.45) is 0. The van der Waals surface area contributed by atoms with Crippen molar-refractivity contribution in [3.63, 3.8) is 0 Å². The van der Waals surface area contributed by atoms with Crippen LogP contribution in [-0.4, -0.2) is 12.4 Å². The maximum absolute atomic E-state index is 14.6. The van der Waals surface area contributed by atoms with Gasteiger partial charge in [-0.3, -0.25) is 4.79 Å². The molecule has 0 radical (unpaired) electrons. The number of aryl methyl sites for hydroxylation is 1. The highest BCUT2D eigenvalue weighted by molar-refractivity contribution is 6.37. The zero-order chi connectivity index (χ0) is 23.5. The van der Waals surface area contributed by atoms with Crippen molar-refractivity contribution >= 4 is 22.7 Å². The molecule has 0 aliphatic carbocycles. The molecule has 5 rings (SSSR count). The number of benzene rings is 4. The van der Waals surface area contributed by atoms with Crippen molar-refractivity contribution in [2.24, 2.45) is 0 Å². The van der Waals surface area contributed by atoms with Gasteiger partial charge in [0.15, 0.2) is 0 Å². The Morgan fingerprint density at radius 3 is 1.79 bits per heavy atom. The third kappa shape index (κ3) is 3.55. The van der Waals surface area contributed by atoms with E-state index in [9.17, 15) is 4.79 Å². The maximum Gasteiger partial charge on any atom is 0.237 e. The molecule has 0 bridgehead atoms. The van der Waals surface area contributed by atoms with E-state index in [0.29, 0.717) is 12.2 Å². The fourth-order valence-corrected chi connectivity index (χ4v) is 4.74. The Balaban J connectivity index is 1.89. The number of nitrogens with zero attached hydrogens (tertiary/aromatic N) is 1. The van der Waals surface area contributed by atoms with E-state index in [1.54, 1.807) is 0 Å². The highest BCUT2D eigenvalue weighted by Crippen LogP contribution is 2.51. The molecule has 0 spiro atoms. The second-order valence-electron chi connectivity index (χ2n) is 8.40. The Bertz CT molecular complexity index is 1310. The molecule has 0 aromatic heterocycles. The third-order valence-electron chi connectivity index (χ3n) is 6.23. The van der Waals surface area contributed by atoms with Crippen molar-refractivity contribution in [3.8, 4) is 0 Å². The molecule has 168 valence electrons. The Morgan fingerprint density at radius 2 is 1.24 bits per heavy atom. The van der Waals surface area contributed by atoms with Crippen LogP contribution in [0, 0.1) is 6.92 Å². The lowest BCUT2D eigenvalue weighted by atomic mass is 9.92. The largest absolute Gasteiger partial charge is 0.345 e. The number of ketones is 1. The van der Waals surface area contributed by atoms with Crippen LogP contribution >= 0.6 is 0 Å². The molecule has 4 aromatic carbocycles. The van der Waals surface area contributed by atoms with Crippen LogP contribution in [0.5, 0.6) is 0 Å². The number of rotatable bonds is 6. The van der Waals surface area contributed by atoms with Crippen LogP contribution in [-0.2, 0) is 15.3 Å². The van der Waals surface area contributed by atoms with Gasteiger partial charge in [0.2, 0.25) is 11.5 Å². The van der Waals surface area contributed by atoms with Crippen LogP contribution in [0.4, 0.5) is 5.69 Å². The average Bonchev–Trinajstić information content (AvgIpc) is 3.15. The molecule has 1 unspecified atom stereocenters. The normalized spacial score (nSPS) is 17.9. The first kappa shape index (κ1) is 21.9. The molecule has 4 aromatic rings. The van der Waals surface area contributed by atoms with E-state index in [1.165, 1.54) is 0 Å². The molecule has 1 aliphatic rings. The van der Waals surface area contributed by atoms with Gasteiger partial charge < -0.3 is 9.64 Å². The maximum atomic E-state index is 14.6. The molecular formula is C31H27NO2. The minimum absolute atomic E-state index is 0.0637. The van der Waals surface area contributed by atoms with Crippen LogP contribution < -0.4 is 4.90 Å². The second-order valence-corrected chi connectivity index (χ2v) is 8.40. The number of carbonyl (C=O) groups is 1. The van der Waals surface area contributed by atoms with E-state index in [2.05, 4.69) is 48.2 Å². The van der Waals surface area contributed by atoms with Crippen molar-refractivity contribution in [3.05, 3.63) is 138 Å². The van der Waals surface area contributed by atoms with Crippen LogP contribution in [0.3, 0.4) is 0 Å². The summed E-state index contributed by atoms with van der Waals surface area (Å²) in [6.45, 7) is 4.39. The number of carbonyl (C=O) groups excluding carboxylic acids is 1. The Morgan fingerprint density at radius 1 is 0.706 bits per heavy atom. The first-order chi connectivity index (χ1) is 16.7. The summed E-state index contributed by atoms with van der Waals surface area (Å²) in [6, 6.07) is 38.1. The number of hydrogen-bond acceptors (Lipinski definition) is 3. The summed E-state index contributed by atoms with van der Waals surface area (Å²) in [5.41, 5.74) is 4.89. The van der Waals surface area contributed by atoms with Gasteiger partial charge in [-0.2, -0.15) is 0 Å². The van der Waals surface area contributed by atoms with Crippen LogP contribution in [0.25, 0.3) is 11.3 Å². The molecular weight excluding hydrogens is 418 g/mol. The average molecular weight is 446 g/mol. The highest BCUT2D eigenvalue weighted by Gasteiger charge is 2.56. The summed E-state index contributed by atoms with van der Waals surface area (Å²) in [5.74, 6) is -0.0637. The monoisotopic (exact) mass is 445 g/mol. The van der Waals surface area contributed by atoms with Gasteiger partial charge >= 0.3 is 0 Å². The smallest absolute Gasteiger partial charge is 0.237 e. The van der Waals surface area contributed by atoms with E-state index >= 15 is 0 Å². The Hall–Kier alpha value is -3.95. The fraction of sp³-hybridized carbons (Fsp3) is 0.129. The number of ether oxygens (including phenoxy) is 1. The molecule has 1 heterocycles.